The second-order valence-electron chi connectivity index (χ2n) is 9.38. The quantitative estimate of drug-likeness (QED) is 0.474. The summed E-state index contributed by atoms with van der Waals surface area (Å²) in [7, 11) is 1.97. The topological polar surface area (TPSA) is 92.2 Å². The first-order chi connectivity index (χ1) is 17.9. The van der Waals surface area contributed by atoms with E-state index in [0.717, 1.165) is 0 Å². The fourth-order valence-electron chi connectivity index (χ4n) is 4.55. The van der Waals surface area contributed by atoms with Crippen molar-refractivity contribution in [3.05, 3.63) is 81.5 Å². The number of carbonyl (C=O) groups is 1. The Labute approximate surface area is 216 Å². The van der Waals surface area contributed by atoms with E-state index in [1.54, 1.807) is 12.1 Å². The van der Waals surface area contributed by atoms with E-state index in [0.29, 0.717) is 42.2 Å². The first kappa shape index (κ1) is 26.9. The van der Waals surface area contributed by atoms with E-state index in [9.17, 15) is 22.8 Å². The Balaban J connectivity index is 1.82. The lowest BCUT2D eigenvalue weighted by atomic mass is 10.0. The van der Waals surface area contributed by atoms with Gasteiger partial charge in [-0.15, -0.1) is 0 Å². The van der Waals surface area contributed by atoms with Crippen molar-refractivity contribution in [3.63, 3.8) is 0 Å². The van der Waals surface area contributed by atoms with Crippen molar-refractivity contribution in [2.75, 3.05) is 30.4 Å². The van der Waals surface area contributed by atoms with Gasteiger partial charge in [0, 0.05) is 43.0 Å². The summed E-state index contributed by atoms with van der Waals surface area (Å²) in [5.74, 6) is -1.70. The minimum atomic E-state index is -4.94. The lowest BCUT2D eigenvalue weighted by molar-refractivity contribution is -0.138. The molecule has 1 aromatic heterocycles. The number of halogens is 4. The normalized spacial score (nSPS) is 18.2. The summed E-state index contributed by atoms with van der Waals surface area (Å²) in [6, 6.07) is 11.2. The molecule has 2 atom stereocenters. The number of H-pyrrole nitrogens is 1. The van der Waals surface area contributed by atoms with Gasteiger partial charge >= 0.3 is 6.18 Å². The van der Waals surface area contributed by atoms with Crippen molar-refractivity contribution >= 4 is 17.3 Å². The van der Waals surface area contributed by atoms with E-state index in [1.165, 1.54) is 24.3 Å². The molecule has 2 aromatic carbocycles. The fourth-order valence-corrected chi connectivity index (χ4v) is 4.55. The van der Waals surface area contributed by atoms with Gasteiger partial charge in [-0.25, -0.2) is 4.39 Å². The number of benzene rings is 2. The van der Waals surface area contributed by atoms with Crippen LogP contribution >= 0.6 is 0 Å². The Bertz CT molecular complexity index is 1450. The number of amides is 1. The average molecular weight is 528 g/mol. The second-order valence-corrected chi connectivity index (χ2v) is 9.38. The van der Waals surface area contributed by atoms with E-state index in [4.69, 9.17) is 5.26 Å². The summed E-state index contributed by atoms with van der Waals surface area (Å²) in [6.45, 7) is 4.98. The third-order valence-electron chi connectivity index (χ3n) is 6.83. The molecule has 0 radical (unpaired) electrons. The summed E-state index contributed by atoms with van der Waals surface area (Å²) in [5, 5.41) is 11.6. The number of nitriles is 1. The number of hydrogen-bond acceptors (Lipinski definition) is 5. The third kappa shape index (κ3) is 5.40. The maximum Gasteiger partial charge on any atom is 0.417 e. The van der Waals surface area contributed by atoms with Crippen LogP contribution in [-0.2, 0) is 6.18 Å². The van der Waals surface area contributed by atoms with Gasteiger partial charge < -0.3 is 15.2 Å². The zero-order valence-electron chi connectivity index (χ0n) is 20.9. The molecular weight excluding hydrogens is 502 g/mol. The number of aromatic amines is 1. The number of nitrogens with zero attached hydrogens (tertiary/aromatic N) is 3. The van der Waals surface area contributed by atoms with Crippen LogP contribution in [0, 0.1) is 17.1 Å². The van der Waals surface area contributed by atoms with E-state index in [-0.39, 0.29) is 23.3 Å². The first-order valence-electron chi connectivity index (χ1n) is 11.8. The van der Waals surface area contributed by atoms with Crippen molar-refractivity contribution in [2.45, 2.75) is 32.1 Å². The Morgan fingerprint density at radius 2 is 1.74 bits per heavy atom. The maximum atomic E-state index is 15.4. The molecule has 0 bridgehead atoms. The monoisotopic (exact) mass is 527 g/mol. The predicted octanol–water partition coefficient (Wildman–Crippen LogP) is 4.85. The largest absolute Gasteiger partial charge is 0.417 e. The minimum Gasteiger partial charge on any atom is -0.367 e. The maximum absolute atomic E-state index is 15.4. The molecule has 7 nitrogen and oxygen atoms in total. The van der Waals surface area contributed by atoms with E-state index in [1.807, 2.05) is 31.9 Å². The van der Waals surface area contributed by atoms with Crippen LogP contribution in [0.4, 0.5) is 28.9 Å². The molecule has 4 rings (SSSR count). The van der Waals surface area contributed by atoms with Crippen LogP contribution in [0.2, 0.25) is 0 Å². The molecule has 0 aliphatic carbocycles. The van der Waals surface area contributed by atoms with Crippen molar-refractivity contribution in [2.24, 2.45) is 0 Å². The van der Waals surface area contributed by atoms with Crippen LogP contribution in [0.5, 0.6) is 0 Å². The molecule has 38 heavy (non-hydrogen) atoms. The fraction of sp³-hybridized carbons (Fsp3) is 0.296. The van der Waals surface area contributed by atoms with Gasteiger partial charge in [0.15, 0.2) is 0 Å². The van der Waals surface area contributed by atoms with Crippen LogP contribution in [0.15, 0.2) is 53.5 Å². The Hall–Kier alpha value is -4.17. The van der Waals surface area contributed by atoms with Crippen LogP contribution < -0.4 is 15.8 Å². The number of anilines is 2. The van der Waals surface area contributed by atoms with Crippen LogP contribution in [0.3, 0.4) is 0 Å². The van der Waals surface area contributed by atoms with Crippen molar-refractivity contribution < 1.29 is 22.4 Å². The highest BCUT2D eigenvalue weighted by Crippen LogP contribution is 2.37. The molecule has 1 saturated heterocycles. The smallest absolute Gasteiger partial charge is 0.367 e. The standard InChI is InChI=1S/C27H25F4N5O2/c1-15-13-36(14-16(2)35(15)3)24-10-22(28)19(18-6-4-17(11-32)5-7-18)8-23(24)34-26(38)20-12-33-25(37)9-21(20)27(29,30)31/h4-10,12,15-16H,13-14H2,1-3H3,(H,33,37)(H,34,38). The minimum absolute atomic E-state index is 0.0830. The lowest BCUT2D eigenvalue weighted by Crippen LogP contribution is -2.55. The summed E-state index contributed by atoms with van der Waals surface area (Å²) in [5.41, 5.74) is -1.83. The number of carbonyl (C=O) groups excluding carboxylic acids is 1. The highest BCUT2D eigenvalue weighted by Gasteiger charge is 2.36. The summed E-state index contributed by atoms with van der Waals surface area (Å²) >= 11 is 0. The van der Waals surface area contributed by atoms with Gasteiger partial charge in [-0.2, -0.15) is 18.4 Å². The number of piperazine rings is 1. The zero-order valence-corrected chi connectivity index (χ0v) is 20.9. The molecule has 2 unspecified atom stereocenters. The number of hydrogen-bond donors (Lipinski definition) is 2. The molecule has 1 aliphatic heterocycles. The van der Waals surface area contributed by atoms with E-state index < -0.39 is 34.6 Å². The molecule has 0 saturated carbocycles. The first-order valence-corrected chi connectivity index (χ1v) is 11.8. The highest BCUT2D eigenvalue weighted by molar-refractivity contribution is 6.07. The van der Waals surface area contributed by atoms with Crippen LogP contribution in [0.25, 0.3) is 11.1 Å². The molecule has 11 heteroatoms. The number of rotatable bonds is 4. The molecule has 1 fully saturated rings. The number of likely N-dealkylation sites (N-methyl/N-ethyl adjacent to an activating group) is 1. The summed E-state index contributed by atoms with van der Waals surface area (Å²) < 4.78 is 56.3. The highest BCUT2D eigenvalue weighted by atomic mass is 19.4. The second kappa shape index (κ2) is 10.3. The predicted molar refractivity (Wildman–Crippen MR) is 135 cm³/mol. The van der Waals surface area contributed by atoms with Crippen LogP contribution in [-0.4, -0.2) is 48.0 Å². The van der Waals surface area contributed by atoms with Gasteiger partial charge in [-0.3, -0.25) is 14.5 Å². The average Bonchev–Trinajstić information content (AvgIpc) is 2.87. The van der Waals surface area contributed by atoms with Gasteiger partial charge in [0.25, 0.3) is 5.91 Å². The van der Waals surface area contributed by atoms with Crippen molar-refractivity contribution in [1.82, 2.24) is 9.88 Å². The molecular formula is C27H25F4N5O2. The van der Waals surface area contributed by atoms with E-state index in [2.05, 4.69) is 15.2 Å². The molecule has 1 aliphatic rings. The molecule has 1 amide bonds. The van der Waals surface area contributed by atoms with Crippen LogP contribution in [0.1, 0.15) is 35.3 Å². The molecule has 2 heterocycles. The Kier molecular flexibility index (Phi) is 7.29. The summed E-state index contributed by atoms with van der Waals surface area (Å²) in [4.78, 5) is 30.8. The zero-order chi connectivity index (χ0) is 27.8. The van der Waals surface area contributed by atoms with Crippen molar-refractivity contribution in [1.29, 1.82) is 5.26 Å². The van der Waals surface area contributed by atoms with Gasteiger partial charge in [-0.05, 0) is 50.7 Å². The van der Waals surface area contributed by atoms with E-state index >= 15 is 4.39 Å². The molecule has 0 spiro atoms. The Morgan fingerprint density at radius 1 is 1.11 bits per heavy atom. The molecule has 2 N–H and O–H groups in total. The van der Waals surface area contributed by atoms with Gasteiger partial charge in [-0.1, -0.05) is 12.1 Å². The number of pyridine rings is 1. The number of nitrogens with one attached hydrogen (secondary N) is 2. The molecule has 3 aromatic rings. The summed E-state index contributed by atoms with van der Waals surface area (Å²) in [6.07, 6.45) is -4.23. The van der Waals surface area contributed by atoms with Gasteiger partial charge in [0.2, 0.25) is 5.56 Å². The number of aromatic nitrogens is 1. The Morgan fingerprint density at radius 3 is 2.32 bits per heavy atom. The molecule has 198 valence electrons. The van der Waals surface area contributed by atoms with Crippen molar-refractivity contribution in [3.8, 4) is 17.2 Å². The van der Waals surface area contributed by atoms with Gasteiger partial charge in [0.05, 0.1) is 34.1 Å². The lowest BCUT2D eigenvalue weighted by Gasteiger charge is -2.44. The third-order valence-corrected chi connectivity index (χ3v) is 6.83. The SMILES string of the molecule is CC1CN(c2cc(F)c(-c3ccc(C#N)cc3)cc2NC(=O)c2c[nH]c(=O)cc2C(F)(F)F)CC(C)N1C. The number of alkyl halides is 3. The van der Waals surface area contributed by atoms with Gasteiger partial charge in [0.1, 0.15) is 5.82 Å².